The number of likely N-dealkylation sites (tertiary alicyclic amines) is 1. The van der Waals surface area contributed by atoms with E-state index in [0.717, 1.165) is 19.4 Å². The molecule has 0 aliphatic carbocycles. The number of rotatable bonds is 2. The fourth-order valence-electron chi connectivity index (χ4n) is 2.30. The van der Waals surface area contributed by atoms with Gasteiger partial charge in [-0.05, 0) is 37.4 Å². The van der Waals surface area contributed by atoms with E-state index >= 15 is 0 Å². The lowest BCUT2D eigenvalue weighted by Crippen LogP contribution is -2.42. The minimum Gasteiger partial charge on any atom is -0.338 e. The lowest BCUT2D eigenvalue weighted by atomic mass is 9.97. The molecule has 1 amide bonds. The number of amides is 1. The summed E-state index contributed by atoms with van der Waals surface area (Å²) < 4.78 is 0. The molecule has 1 heterocycles. The van der Waals surface area contributed by atoms with E-state index in [1.54, 1.807) is 23.1 Å². The van der Waals surface area contributed by atoms with Crippen LogP contribution < -0.4 is 5.73 Å². The van der Waals surface area contributed by atoms with E-state index in [2.05, 4.69) is 0 Å². The highest BCUT2D eigenvalue weighted by Gasteiger charge is 2.26. The molecule has 1 fully saturated rings. The average molecular weight is 287 g/mol. The van der Waals surface area contributed by atoms with Gasteiger partial charge in [-0.15, -0.1) is 0 Å². The quantitative estimate of drug-likeness (QED) is 0.909. The highest BCUT2D eigenvalue weighted by atomic mass is 35.5. The van der Waals surface area contributed by atoms with E-state index in [9.17, 15) is 4.79 Å². The van der Waals surface area contributed by atoms with Crippen molar-refractivity contribution in [3.63, 3.8) is 0 Å². The molecule has 0 radical (unpaired) electrons. The molecular weight excluding hydrogens is 271 g/mol. The maximum Gasteiger partial charge on any atom is 0.256 e. The standard InChI is InChI=1S/C13H16Cl2N2O/c14-10-4-1-5-11(15)12(10)13(18)17-6-2-3-9(7-16)8-17/h1,4-5,9H,2-3,6-8,16H2. The zero-order valence-corrected chi connectivity index (χ0v) is 11.5. The van der Waals surface area contributed by atoms with Crippen LogP contribution in [0.15, 0.2) is 18.2 Å². The van der Waals surface area contributed by atoms with E-state index in [4.69, 9.17) is 28.9 Å². The molecule has 1 aliphatic rings. The summed E-state index contributed by atoms with van der Waals surface area (Å²) in [5.74, 6) is 0.285. The average Bonchev–Trinajstić information content (AvgIpc) is 2.38. The van der Waals surface area contributed by atoms with Gasteiger partial charge in [0.25, 0.3) is 5.91 Å². The molecular formula is C13H16Cl2N2O. The van der Waals surface area contributed by atoms with Crippen molar-refractivity contribution >= 4 is 29.1 Å². The monoisotopic (exact) mass is 286 g/mol. The number of hydrogen-bond donors (Lipinski definition) is 1. The van der Waals surface area contributed by atoms with Gasteiger partial charge >= 0.3 is 0 Å². The Morgan fingerprint density at radius 3 is 2.67 bits per heavy atom. The second-order valence-corrected chi connectivity index (χ2v) is 5.41. The Balaban J connectivity index is 2.20. The first-order chi connectivity index (χ1) is 8.63. The molecule has 0 saturated carbocycles. The highest BCUT2D eigenvalue weighted by molar-refractivity contribution is 6.39. The number of halogens is 2. The second-order valence-electron chi connectivity index (χ2n) is 4.59. The van der Waals surface area contributed by atoms with Gasteiger partial charge in [-0.25, -0.2) is 0 Å². The smallest absolute Gasteiger partial charge is 0.256 e. The third-order valence-corrected chi connectivity index (χ3v) is 3.95. The van der Waals surface area contributed by atoms with Crippen LogP contribution in [0.1, 0.15) is 23.2 Å². The second kappa shape index (κ2) is 5.91. The van der Waals surface area contributed by atoms with Crippen molar-refractivity contribution in [1.82, 2.24) is 4.90 Å². The zero-order chi connectivity index (χ0) is 13.1. The summed E-state index contributed by atoms with van der Waals surface area (Å²) >= 11 is 12.1. The van der Waals surface area contributed by atoms with Crippen molar-refractivity contribution in [2.24, 2.45) is 11.7 Å². The van der Waals surface area contributed by atoms with Gasteiger partial charge in [-0.3, -0.25) is 4.79 Å². The first kappa shape index (κ1) is 13.7. The predicted molar refractivity (Wildman–Crippen MR) is 74.1 cm³/mol. The summed E-state index contributed by atoms with van der Waals surface area (Å²) in [7, 11) is 0. The molecule has 1 saturated heterocycles. The van der Waals surface area contributed by atoms with Crippen molar-refractivity contribution in [3.05, 3.63) is 33.8 Å². The molecule has 0 spiro atoms. The normalized spacial score (nSPS) is 19.9. The van der Waals surface area contributed by atoms with Crippen molar-refractivity contribution in [2.75, 3.05) is 19.6 Å². The van der Waals surface area contributed by atoms with Crippen LogP contribution in [0.25, 0.3) is 0 Å². The topological polar surface area (TPSA) is 46.3 Å². The number of carbonyl (C=O) groups is 1. The molecule has 0 bridgehead atoms. The molecule has 3 nitrogen and oxygen atoms in total. The van der Waals surface area contributed by atoms with E-state index in [0.29, 0.717) is 34.6 Å². The molecule has 1 aromatic rings. The van der Waals surface area contributed by atoms with Crippen LogP contribution in [0.4, 0.5) is 0 Å². The molecule has 18 heavy (non-hydrogen) atoms. The van der Waals surface area contributed by atoms with Crippen LogP contribution >= 0.6 is 23.2 Å². The maximum atomic E-state index is 12.4. The molecule has 1 unspecified atom stereocenters. The van der Waals surface area contributed by atoms with Gasteiger partial charge in [0.15, 0.2) is 0 Å². The van der Waals surface area contributed by atoms with Crippen molar-refractivity contribution in [1.29, 1.82) is 0 Å². The van der Waals surface area contributed by atoms with Crippen molar-refractivity contribution in [2.45, 2.75) is 12.8 Å². The highest BCUT2D eigenvalue weighted by Crippen LogP contribution is 2.27. The third kappa shape index (κ3) is 2.79. The van der Waals surface area contributed by atoms with E-state index in [1.165, 1.54) is 0 Å². The van der Waals surface area contributed by atoms with Gasteiger partial charge in [-0.1, -0.05) is 29.3 Å². The first-order valence-corrected chi connectivity index (χ1v) is 6.82. The minimum absolute atomic E-state index is 0.0937. The van der Waals surface area contributed by atoms with Crippen LogP contribution in [0, 0.1) is 5.92 Å². The Morgan fingerprint density at radius 1 is 1.39 bits per heavy atom. The zero-order valence-electron chi connectivity index (χ0n) is 10.0. The molecule has 2 rings (SSSR count). The molecule has 2 N–H and O–H groups in total. The van der Waals surface area contributed by atoms with E-state index in [1.807, 2.05) is 0 Å². The minimum atomic E-state index is -0.0937. The summed E-state index contributed by atoms with van der Waals surface area (Å²) in [5, 5.41) is 0.810. The lowest BCUT2D eigenvalue weighted by Gasteiger charge is -2.32. The van der Waals surface area contributed by atoms with Crippen LogP contribution in [0.5, 0.6) is 0 Å². The summed E-state index contributed by atoms with van der Waals surface area (Å²) in [5.41, 5.74) is 6.08. The molecule has 1 atom stereocenters. The van der Waals surface area contributed by atoms with E-state index < -0.39 is 0 Å². The summed E-state index contributed by atoms with van der Waals surface area (Å²) in [6, 6.07) is 5.11. The largest absolute Gasteiger partial charge is 0.338 e. The Morgan fingerprint density at radius 2 is 2.06 bits per heavy atom. The number of nitrogens with two attached hydrogens (primary N) is 1. The number of carbonyl (C=O) groups excluding carboxylic acids is 1. The van der Waals surface area contributed by atoms with Gasteiger partial charge in [0, 0.05) is 13.1 Å². The predicted octanol–water partition coefficient (Wildman–Crippen LogP) is 2.80. The van der Waals surface area contributed by atoms with Crippen LogP contribution in [0.2, 0.25) is 10.0 Å². The molecule has 1 aliphatic heterocycles. The van der Waals surface area contributed by atoms with Gasteiger partial charge in [-0.2, -0.15) is 0 Å². The van der Waals surface area contributed by atoms with E-state index in [-0.39, 0.29) is 5.91 Å². The molecule has 0 aromatic heterocycles. The third-order valence-electron chi connectivity index (χ3n) is 3.32. The summed E-state index contributed by atoms with van der Waals surface area (Å²) in [4.78, 5) is 14.2. The van der Waals surface area contributed by atoms with Gasteiger partial charge in [0.05, 0.1) is 15.6 Å². The fraction of sp³-hybridized carbons (Fsp3) is 0.462. The van der Waals surface area contributed by atoms with Gasteiger partial charge in [0.1, 0.15) is 0 Å². The fourth-order valence-corrected chi connectivity index (χ4v) is 2.86. The lowest BCUT2D eigenvalue weighted by molar-refractivity contribution is 0.0678. The summed E-state index contributed by atoms with van der Waals surface area (Å²) in [6.45, 7) is 2.05. The summed E-state index contributed by atoms with van der Waals surface area (Å²) in [6.07, 6.45) is 2.06. The maximum absolute atomic E-state index is 12.4. The molecule has 98 valence electrons. The number of benzene rings is 1. The van der Waals surface area contributed by atoms with Crippen LogP contribution in [0.3, 0.4) is 0 Å². The first-order valence-electron chi connectivity index (χ1n) is 6.07. The van der Waals surface area contributed by atoms with Gasteiger partial charge < -0.3 is 10.6 Å². The number of piperidine rings is 1. The van der Waals surface area contributed by atoms with Gasteiger partial charge in [0.2, 0.25) is 0 Å². The SMILES string of the molecule is NCC1CCCN(C(=O)c2c(Cl)cccc2Cl)C1. The Hall–Kier alpha value is -0.770. The van der Waals surface area contributed by atoms with Crippen molar-refractivity contribution < 1.29 is 4.79 Å². The van der Waals surface area contributed by atoms with Crippen molar-refractivity contribution in [3.8, 4) is 0 Å². The molecule has 5 heteroatoms. The Bertz CT molecular complexity index is 430. The van der Waals surface area contributed by atoms with Crippen LogP contribution in [-0.2, 0) is 0 Å². The number of hydrogen-bond acceptors (Lipinski definition) is 2. The Kier molecular flexibility index (Phi) is 4.49. The molecule has 1 aromatic carbocycles. The number of nitrogens with zero attached hydrogens (tertiary/aromatic N) is 1. The Labute approximate surface area is 117 Å². The van der Waals surface area contributed by atoms with Crippen LogP contribution in [-0.4, -0.2) is 30.4 Å².